The van der Waals surface area contributed by atoms with Gasteiger partial charge in [0.15, 0.2) is 6.04 Å². The summed E-state index contributed by atoms with van der Waals surface area (Å²) in [4.78, 5) is 33.3. The number of thioether (sulfide) groups is 1. The van der Waals surface area contributed by atoms with Crippen LogP contribution in [0.15, 0.2) is 22.7 Å². The van der Waals surface area contributed by atoms with E-state index in [0.717, 1.165) is 15.7 Å². The number of carbonyl (C=O) groups excluding carboxylic acids is 1. The molecule has 6 nitrogen and oxygen atoms in total. The van der Waals surface area contributed by atoms with E-state index in [9.17, 15) is 14.7 Å². The highest BCUT2D eigenvalue weighted by molar-refractivity contribution is 8.01. The van der Waals surface area contributed by atoms with E-state index >= 15 is 0 Å². The molecule has 3 heterocycles. The van der Waals surface area contributed by atoms with E-state index < -0.39 is 12.0 Å². The van der Waals surface area contributed by atoms with Crippen LogP contribution in [0.3, 0.4) is 0 Å². The molecule has 3 rings (SSSR count). The van der Waals surface area contributed by atoms with Crippen LogP contribution in [0.25, 0.3) is 0 Å². The van der Waals surface area contributed by atoms with Crippen LogP contribution in [0, 0.1) is 0 Å². The van der Waals surface area contributed by atoms with Gasteiger partial charge in [0.2, 0.25) is 0 Å². The lowest BCUT2D eigenvalue weighted by Gasteiger charge is -2.31. The highest BCUT2D eigenvalue weighted by Gasteiger charge is 2.38. The number of aromatic nitrogens is 2. The lowest BCUT2D eigenvalue weighted by atomic mass is 10.0. The number of carboxylic acid groups (broad SMARTS) is 1. The van der Waals surface area contributed by atoms with Gasteiger partial charge in [0.25, 0.3) is 5.91 Å². The Labute approximate surface area is 135 Å². The van der Waals surface area contributed by atoms with E-state index in [4.69, 9.17) is 0 Å². The molecule has 0 saturated heterocycles. The first-order valence-electron chi connectivity index (χ1n) is 6.90. The number of fused-ring (bicyclic) bond motifs is 1. The van der Waals surface area contributed by atoms with Gasteiger partial charge in [-0.05, 0) is 17.9 Å². The van der Waals surface area contributed by atoms with Crippen molar-refractivity contribution in [2.45, 2.75) is 23.6 Å². The molecule has 116 valence electrons. The number of carbonyl (C=O) groups is 2. The summed E-state index contributed by atoms with van der Waals surface area (Å²) >= 11 is 3.08. The van der Waals surface area contributed by atoms with Crippen LogP contribution < -0.4 is 0 Å². The number of H-pyrrole nitrogens is 1. The van der Waals surface area contributed by atoms with Crippen LogP contribution in [0.1, 0.15) is 34.0 Å². The minimum atomic E-state index is -1.05. The molecular formula is C14H15N3O3S2. The molecule has 0 radical (unpaired) electrons. The van der Waals surface area contributed by atoms with Gasteiger partial charge in [0, 0.05) is 18.7 Å². The fourth-order valence-corrected chi connectivity index (χ4v) is 4.54. The number of thiophene rings is 1. The first kappa shape index (κ1) is 15.1. The van der Waals surface area contributed by atoms with Crippen molar-refractivity contribution in [3.63, 3.8) is 0 Å². The molecule has 1 aliphatic rings. The quantitative estimate of drug-likeness (QED) is 0.837. The summed E-state index contributed by atoms with van der Waals surface area (Å²) in [6.45, 7) is 2.43. The average Bonchev–Trinajstić information content (AvgIpc) is 3.14. The predicted octanol–water partition coefficient (Wildman–Crippen LogP) is 2.41. The first-order chi connectivity index (χ1) is 10.6. The average molecular weight is 337 g/mol. The maximum Gasteiger partial charge on any atom is 0.332 e. The zero-order valence-electron chi connectivity index (χ0n) is 11.9. The molecular weight excluding hydrogens is 322 g/mol. The van der Waals surface area contributed by atoms with E-state index in [1.807, 2.05) is 6.07 Å². The molecule has 0 aliphatic carbocycles. The highest BCUT2D eigenvalue weighted by atomic mass is 32.2. The molecule has 2 N–H and O–H groups in total. The minimum absolute atomic E-state index is 0.242. The van der Waals surface area contributed by atoms with Crippen LogP contribution in [-0.4, -0.2) is 44.1 Å². The van der Waals surface area contributed by atoms with Crippen molar-refractivity contribution in [1.82, 2.24) is 14.9 Å². The van der Waals surface area contributed by atoms with Gasteiger partial charge in [-0.2, -0.15) is 0 Å². The number of aliphatic carboxylic acids is 1. The van der Waals surface area contributed by atoms with E-state index in [2.05, 4.69) is 16.9 Å². The van der Waals surface area contributed by atoms with Gasteiger partial charge < -0.3 is 15.0 Å². The smallest absolute Gasteiger partial charge is 0.332 e. The normalized spacial score (nSPS) is 17.3. The second-order valence-electron chi connectivity index (χ2n) is 4.81. The van der Waals surface area contributed by atoms with Crippen molar-refractivity contribution in [2.24, 2.45) is 0 Å². The van der Waals surface area contributed by atoms with Crippen molar-refractivity contribution in [1.29, 1.82) is 0 Å². The molecule has 0 saturated carbocycles. The second-order valence-corrected chi connectivity index (χ2v) is 7.46. The second kappa shape index (κ2) is 6.13. The summed E-state index contributed by atoms with van der Waals surface area (Å²) in [5, 5.41) is 9.51. The zero-order chi connectivity index (χ0) is 15.7. The van der Waals surface area contributed by atoms with Crippen molar-refractivity contribution >= 4 is 35.0 Å². The standard InChI is InChI=1S/C14H15N3O3S2/c1-2-21-10-4-3-9(22-10)13(18)17-6-5-8-11(16-7-15-8)12(17)14(19)20/h3-4,7,12H,2,5-6H2,1H3,(H,15,16)(H,19,20)/t12-/m0/s1. The molecule has 1 amide bonds. The van der Waals surface area contributed by atoms with Gasteiger partial charge in [-0.25, -0.2) is 9.78 Å². The molecule has 0 unspecified atom stereocenters. The zero-order valence-corrected chi connectivity index (χ0v) is 13.5. The monoisotopic (exact) mass is 337 g/mol. The number of carboxylic acids is 1. The van der Waals surface area contributed by atoms with Gasteiger partial charge in [-0.15, -0.1) is 23.1 Å². The van der Waals surface area contributed by atoms with Crippen LogP contribution in [0.5, 0.6) is 0 Å². The largest absolute Gasteiger partial charge is 0.479 e. The number of hydrogen-bond acceptors (Lipinski definition) is 5. The number of hydrogen-bond donors (Lipinski definition) is 2. The lowest BCUT2D eigenvalue weighted by molar-refractivity contribution is -0.143. The highest BCUT2D eigenvalue weighted by Crippen LogP contribution is 2.32. The Morgan fingerprint density at radius 2 is 2.36 bits per heavy atom. The Bertz CT molecular complexity index is 710. The van der Waals surface area contributed by atoms with E-state index in [-0.39, 0.29) is 5.91 Å². The third-order valence-corrected chi connectivity index (χ3v) is 5.68. The molecule has 0 bridgehead atoms. The molecule has 0 fully saturated rings. The Hall–Kier alpha value is -1.80. The Balaban J connectivity index is 1.89. The molecule has 8 heteroatoms. The van der Waals surface area contributed by atoms with Crippen molar-refractivity contribution in [3.05, 3.63) is 34.7 Å². The van der Waals surface area contributed by atoms with Crippen LogP contribution in [-0.2, 0) is 11.2 Å². The van der Waals surface area contributed by atoms with Crippen LogP contribution >= 0.6 is 23.1 Å². The van der Waals surface area contributed by atoms with Crippen molar-refractivity contribution in [3.8, 4) is 0 Å². The summed E-state index contributed by atoms with van der Waals surface area (Å²) in [6, 6.07) is 2.65. The Morgan fingerprint density at radius 3 is 3.09 bits per heavy atom. The van der Waals surface area contributed by atoms with Crippen LogP contribution in [0.2, 0.25) is 0 Å². The fraction of sp³-hybridized carbons (Fsp3) is 0.357. The van der Waals surface area contributed by atoms with E-state index in [0.29, 0.717) is 23.5 Å². The molecule has 0 spiro atoms. The summed E-state index contributed by atoms with van der Waals surface area (Å²) in [7, 11) is 0. The molecule has 0 aromatic carbocycles. The number of nitrogens with one attached hydrogen (secondary N) is 1. The number of aromatic amines is 1. The van der Waals surface area contributed by atoms with Gasteiger partial charge in [0.05, 0.1) is 21.1 Å². The fourth-order valence-electron chi connectivity index (χ4n) is 2.54. The lowest BCUT2D eigenvalue weighted by Crippen LogP contribution is -2.43. The van der Waals surface area contributed by atoms with Crippen LogP contribution in [0.4, 0.5) is 0 Å². The minimum Gasteiger partial charge on any atom is -0.479 e. The summed E-state index contributed by atoms with van der Waals surface area (Å²) < 4.78 is 1.06. The number of amides is 1. The first-order valence-corrected chi connectivity index (χ1v) is 8.70. The molecule has 1 atom stereocenters. The van der Waals surface area contributed by atoms with E-state index in [1.54, 1.807) is 17.8 Å². The number of nitrogens with zero attached hydrogens (tertiary/aromatic N) is 2. The number of imidazole rings is 1. The third-order valence-electron chi connectivity index (χ3n) is 3.50. The maximum atomic E-state index is 12.7. The Kier molecular flexibility index (Phi) is 4.21. The maximum absolute atomic E-state index is 12.7. The molecule has 1 aliphatic heterocycles. The van der Waals surface area contributed by atoms with Gasteiger partial charge in [-0.3, -0.25) is 4.79 Å². The molecule has 22 heavy (non-hydrogen) atoms. The topological polar surface area (TPSA) is 86.3 Å². The predicted molar refractivity (Wildman–Crippen MR) is 84.4 cm³/mol. The molecule has 2 aromatic heterocycles. The Morgan fingerprint density at radius 1 is 1.55 bits per heavy atom. The summed E-state index contributed by atoms with van der Waals surface area (Å²) in [5.41, 5.74) is 1.23. The van der Waals surface area contributed by atoms with Crippen molar-refractivity contribution < 1.29 is 14.7 Å². The summed E-state index contributed by atoms with van der Waals surface area (Å²) in [5.74, 6) is -0.359. The number of rotatable bonds is 4. The summed E-state index contributed by atoms with van der Waals surface area (Å²) in [6.07, 6.45) is 2.07. The SMILES string of the molecule is CCSc1ccc(C(=O)N2CCc3[nH]cnc3[C@H]2C(=O)O)s1. The van der Waals surface area contributed by atoms with Gasteiger partial charge in [-0.1, -0.05) is 6.92 Å². The van der Waals surface area contributed by atoms with Crippen molar-refractivity contribution in [2.75, 3.05) is 12.3 Å². The molecule has 2 aromatic rings. The van der Waals surface area contributed by atoms with E-state index in [1.165, 1.54) is 22.6 Å². The van der Waals surface area contributed by atoms with Gasteiger partial charge >= 0.3 is 5.97 Å². The third kappa shape index (κ3) is 2.64. The van der Waals surface area contributed by atoms with Gasteiger partial charge in [0.1, 0.15) is 0 Å².